The molecule has 0 aliphatic carbocycles. The van der Waals surface area contributed by atoms with Crippen LogP contribution in [0.2, 0.25) is 0 Å². The molecule has 3 rings (SSSR count). The van der Waals surface area contributed by atoms with E-state index in [-0.39, 0.29) is 23.9 Å². The number of aromatic nitrogens is 3. The van der Waals surface area contributed by atoms with Gasteiger partial charge in [0.05, 0.1) is 18.2 Å². The Morgan fingerprint density at radius 3 is 2.80 bits per heavy atom. The van der Waals surface area contributed by atoms with Crippen molar-refractivity contribution >= 4 is 5.97 Å². The summed E-state index contributed by atoms with van der Waals surface area (Å²) < 4.78 is 6.94. The van der Waals surface area contributed by atoms with Crippen molar-refractivity contribution in [1.82, 2.24) is 14.8 Å². The molecule has 3 heterocycles. The molecule has 0 fully saturated rings. The molecule has 6 heteroatoms. The molecular weight excluding hydrogens is 258 g/mol. The number of hydrogen-bond acceptors (Lipinski definition) is 4. The molecule has 1 aliphatic heterocycles. The van der Waals surface area contributed by atoms with Crippen LogP contribution < -0.4 is 10.3 Å². The second kappa shape index (κ2) is 4.33. The summed E-state index contributed by atoms with van der Waals surface area (Å²) in [5, 5.41) is 4.19. The summed E-state index contributed by atoms with van der Waals surface area (Å²) in [4.78, 5) is 26.8. The van der Waals surface area contributed by atoms with Crippen molar-refractivity contribution < 1.29 is 9.53 Å². The van der Waals surface area contributed by atoms with E-state index in [1.54, 1.807) is 23.9 Å². The maximum absolute atomic E-state index is 12.2. The first-order valence-corrected chi connectivity index (χ1v) is 6.40. The second-order valence-corrected chi connectivity index (χ2v) is 5.10. The fourth-order valence-electron chi connectivity index (χ4n) is 2.64. The summed E-state index contributed by atoms with van der Waals surface area (Å²) in [6.07, 6.45) is 1.87. The number of aromatic amines is 1. The number of fused-ring (bicyclic) bond motifs is 1. The SMILES string of the molecule is Cc1cc2c(c(=O)[nH]1)[C@H](c1cnn(C)c1C)CC(=O)O2. The van der Waals surface area contributed by atoms with Crippen LogP contribution in [0.5, 0.6) is 5.75 Å². The third-order valence-corrected chi connectivity index (χ3v) is 3.76. The van der Waals surface area contributed by atoms with Crippen LogP contribution in [0.1, 0.15) is 34.9 Å². The smallest absolute Gasteiger partial charge is 0.312 e. The van der Waals surface area contributed by atoms with Crippen LogP contribution in [0.3, 0.4) is 0 Å². The topological polar surface area (TPSA) is 77.0 Å². The minimum atomic E-state index is -0.323. The van der Waals surface area contributed by atoms with Gasteiger partial charge in [0, 0.05) is 36.0 Å². The van der Waals surface area contributed by atoms with Crippen molar-refractivity contribution in [3.05, 3.63) is 45.1 Å². The van der Waals surface area contributed by atoms with Gasteiger partial charge < -0.3 is 9.72 Å². The number of rotatable bonds is 1. The lowest BCUT2D eigenvalue weighted by atomic mass is 9.87. The lowest BCUT2D eigenvalue weighted by Crippen LogP contribution is -2.28. The van der Waals surface area contributed by atoms with E-state index in [9.17, 15) is 9.59 Å². The number of nitrogens with one attached hydrogen (secondary N) is 1. The van der Waals surface area contributed by atoms with Gasteiger partial charge in [0.1, 0.15) is 5.75 Å². The van der Waals surface area contributed by atoms with Crippen molar-refractivity contribution in [3.8, 4) is 5.75 Å². The molecule has 104 valence electrons. The fraction of sp³-hybridized carbons (Fsp3) is 0.357. The molecule has 1 atom stereocenters. The summed E-state index contributed by atoms with van der Waals surface area (Å²) in [5.74, 6) is -0.268. The predicted octanol–water partition coefficient (Wildman–Crippen LogP) is 1.17. The Hall–Kier alpha value is -2.37. The zero-order chi connectivity index (χ0) is 14.4. The molecule has 0 bridgehead atoms. The maximum atomic E-state index is 12.2. The maximum Gasteiger partial charge on any atom is 0.312 e. The van der Waals surface area contributed by atoms with E-state index in [1.165, 1.54) is 0 Å². The minimum Gasteiger partial charge on any atom is -0.426 e. The van der Waals surface area contributed by atoms with Crippen molar-refractivity contribution in [2.75, 3.05) is 0 Å². The van der Waals surface area contributed by atoms with Gasteiger partial charge in [-0.05, 0) is 13.8 Å². The second-order valence-electron chi connectivity index (χ2n) is 5.10. The summed E-state index contributed by atoms with van der Waals surface area (Å²) in [6.45, 7) is 3.68. The van der Waals surface area contributed by atoms with Crippen LogP contribution in [0, 0.1) is 13.8 Å². The molecule has 0 spiro atoms. The monoisotopic (exact) mass is 273 g/mol. The van der Waals surface area contributed by atoms with E-state index in [0.29, 0.717) is 17.0 Å². The number of carbonyl (C=O) groups is 1. The Labute approximate surface area is 115 Å². The molecule has 1 N–H and O–H groups in total. The molecule has 20 heavy (non-hydrogen) atoms. The summed E-state index contributed by atoms with van der Waals surface area (Å²) >= 11 is 0. The van der Waals surface area contributed by atoms with E-state index < -0.39 is 0 Å². The van der Waals surface area contributed by atoms with Crippen molar-refractivity contribution in [2.24, 2.45) is 7.05 Å². The Kier molecular flexibility index (Phi) is 2.74. The third kappa shape index (κ3) is 1.84. The normalized spacial score (nSPS) is 17.8. The van der Waals surface area contributed by atoms with E-state index in [0.717, 1.165) is 11.3 Å². The van der Waals surface area contributed by atoms with Crippen LogP contribution in [-0.2, 0) is 11.8 Å². The average molecular weight is 273 g/mol. The molecule has 1 aliphatic rings. The van der Waals surface area contributed by atoms with Gasteiger partial charge in [0.15, 0.2) is 0 Å². The minimum absolute atomic E-state index is 0.158. The average Bonchev–Trinajstić information content (AvgIpc) is 2.68. The van der Waals surface area contributed by atoms with Crippen LogP contribution in [0.25, 0.3) is 0 Å². The fourth-order valence-corrected chi connectivity index (χ4v) is 2.64. The summed E-state index contributed by atoms with van der Waals surface area (Å²) in [5.41, 5.74) is 2.80. The van der Waals surface area contributed by atoms with Crippen molar-refractivity contribution in [1.29, 1.82) is 0 Å². The van der Waals surface area contributed by atoms with Gasteiger partial charge >= 0.3 is 5.97 Å². The van der Waals surface area contributed by atoms with Gasteiger partial charge in [-0.15, -0.1) is 0 Å². The largest absolute Gasteiger partial charge is 0.426 e. The van der Waals surface area contributed by atoms with Gasteiger partial charge in [-0.3, -0.25) is 14.3 Å². The predicted molar refractivity (Wildman–Crippen MR) is 71.8 cm³/mol. The Morgan fingerprint density at radius 2 is 2.15 bits per heavy atom. The molecule has 0 amide bonds. The lowest BCUT2D eigenvalue weighted by Gasteiger charge is -2.23. The van der Waals surface area contributed by atoms with Crippen molar-refractivity contribution in [2.45, 2.75) is 26.2 Å². The number of aryl methyl sites for hydroxylation is 2. The lowest BCUT2D eigenvalue weighted by molar-refractivity contribution is -0.135. The zero-order valence-electron chi connectivity index (χ0n) is 11.6. The van der Waals surface area contributed by atoms with Gasteiger partial charge in [0.2, 0.25) is 0 Å². The standard InChI is InChI=1S/C14H15N3O3/c1-7-4-11-13(14(19)16-7)9(5-12(18)20-11)10-6-15-17(3)8(10)2/h4,6,9H,5H2,1-3H3,(H,16,19)/t9-/m0/s1. The highest BCUT2D eigenvalue weighted by molar-refractivity contribution is 5.77. The van der Waals surface area contributed by atoms with Crippen LogP contribution >= 0.6 is 0 Å². The first kappa shape index (κ1) is 12.7. The Bertz CT molecular complexity index is 758. The number of hydrogen-bond donors (Lipinski definition) is 1. The number of nitrogens with zero attached hydrogens (tertiary/aromatic N) is 2. The molecule has 0 radical (unpaired) electrons. The first-order valence-electron chi connectivity index (χ1n) is 6.40. The van der Waals surface area contributed by atoms with Crippen LogP contribution in [-0.4, -0.2) is 20.7 Å². The van der Waals surface area contributed by atoms with Gasteiger partial charge in [-0.2, -0.15) is 5.10 Å². The quantitative estimate of drug-likeness (QED) is 0.791. The van der Waals surface area contributed by atoms with Crippen LogP contribution in [0.15, 0.2) is 17.1 Å². The first-order chi connectivity index (χ1) is 9.47. The van der Waals surface area contributed by atoms with E-state index in [2.05, 4.69) is 10.1 Å². The molecule has 6 nitrogen and oxygen atoms in total. The number of ether oxygens (including phenoxy) is 1. The number of esters is 1. The molecule has 0 aromatic carbocycles. The highest BCUT2D eigenvalue weighted by atomic mass is 16.5. The van der Waals surface area contributed by atoms with E-state index in [1.807, 2.05) is 14.0 Å². The molecule has 0 saturated heterocycles. The van der Waals surface area contributed by atoms with Gasteiger partial charge in [-0.1, -0.05) is 0 Å². The van der Waals surface area contributed by atoms with Crippen LogP contribution in [0.4, 0.5) is 0 Å². The summed E-state index contributed by atoms with van der Waals surface area (Å²) in [6, 6.07) is 1.69. The molecule has 2 aromatic rings. The highest BCUT2D eigenvalue weighted by Gasteiger charge is 2.33. The Balaban J connectivity index is 2.23. The zero-order valence-corrected chi connectivity index (χ0v) is 11.6. The molecule has 0 unspecified atom stereocenters. The molecular formula is C14H15N3O3. The number of pyridine rings is 1. The van der Waals surface area contributed by atoms with Gasteiger partial charge in [0.25, 0.3) is 5.56 Å². The Morgan fingerprint density at radius 1 is 1.40 bits per heavy atom. The molecule has 2 aromatic heterocycles. The van der Waals surface area contributed by atoms with E-state index >= 15 is 0 Å². The number of carbonyl (C=O) groups excluding carboxylic acids is 1. The highest BCUT2D eigenvalue weighted by Crippen LogP contribution is 2.37. The molecule has 0 saturated carbocycles. The van der Waals surface area contributed by atoms with E-state index in [4.69, 9.17) is 4.74 Å². The number of H-pyrrole nitrogens is 1. The van der Waals surface area contributed by atoms with Crippen molar-refractivity contribution in [3.63, 3.8) is 0 Å². The summed E-state index contributed by atoms with van der Waals surface area (Å²) in [7, 11) is 1.83. The van der Waals surface area contributed by atoms with Gasteiger partial charge in [-0.25, -0.2) is 0 Å². The third-order valence-electron chi connectivity index (χ3n) is 3.76.